The molecular formula is C23H29O6P3. The summed E-state index contributed by atoms with van der Waals surface area (Å²) < 4.78 is 40.8. The number of allylic oxidation sites excluding steroid dienone is 2. The van der Waals surface area contributed by atoms with Gasteiger partial charge in [-0.15, -0.1) is 0 Å². The first-order chi connectivity index (χ1) is 14.8. The molecule has 0 N–H and O–H groups in total. The van der Waals surface area contributed by atoms with Gasteiger partial charge in [0.1, 0.15) is 17.2 Å². The maximum absolute atomic E-state index is 12.3. The maximum Gasteiger partial charge on any atom is 0.242 e. The van der Waals surface area contributed by atoms with Gasteiger partial charge >= 0.3 is 0 Å². The highest BCUT2D eigenvalue weighted by Gasteiger charge is 2.14. The van der Waals surface area contributed by atoms with E-state index in [2.05, 4.69) is 0 Å². The van der Waals surface area contributed by atoms with Gasteiger partial charge in [0, 0.05) is 32.7 Å². The molecule has 2 rings (SSSR count). The Morgan fingerprint density at radius 1 is 0.781 bits per heavy atom. The van der Waals surface area contributed by atoms with E-state index < -0.39 is 22.9 Å². The van der Waals surface area contributed by atoms with Gasteiger partial charge in [-0.25, -0.2) is 0 Å². The van der Waals surface area contributed by atoms with E-state index in [-0.39, 0.29) is 5.78 Å². The predicted octanol–water partition coefficient (Wildman–Crippen LogP) is 6.85. The summed E-state index contributed by atoms with van der Waals surface area (Å²) in [6.07, 6.45) is 6.19. The molecule has 0 aliphatic rings. The van der Waals surface area contributed by atoms with E-state index in [9.17, 15) is 13.9 Å². The van der Waals surface area contributed by atoms with Crippen LogP contribution in [0.25, 0.3) is 12.2 Å². The Morgan fingerprint density at radius 3 is 1.78 bits per heavy atom. The molecular weight excluding hydrogens is 465 g/mol. The molecule has 2 aromatic carbocycles. The van der Waals surface area contributed by atoms with Gasteiger partial charge in [-0.2, -0.15) is 0 Å². The molecule has 0 spiro atoms. The zero-order valence-corrected chi connectivity index (χ0v) is 21.8. The van der Waals surface area contributed by atoms with Crippen LogP contribution in [0.15, 0.2) is 54.6 Å². The molecule has 0 bridgehead atoms. The first-order valence-electron chi connectivity index (χ1n) is 9.79. The van der Waals surface area contributed by atoms with Gasteiger partial charge in [-0.1, -0.05) is 24.3 Å². The number of rotatable bonds is 10. The average molecular weight is 494 g/mol. The Hall–Kier alpha value is -2.12. The van der Waals surface area contributed by atoms with E-state index in [1.807, 2.05) is 37.6 Å². The second-order valence-electron chi connectivity index (χ2n) is 7.97. The van der Waals surface area contributed by atoms with Crippen molar-refractivity contribution in [1.29, 1.82) is 0 Å². The Kier molecular flexibility index (Phi) is 9.10. The summed E-state index contributed by atoms with van der Waals surface area (Å²) in [6, 6.07) is 12.3. The van der Waals surface area contributed by atoms with E-state index in [1.165, 1.54) is 44.9 Å². The lowest BCUT2D eigenvalue weighted by Crippen LogP contribution is -1.93. The molecule has 0 fully saturated rings. The van der Waals surface area contributed by atoms with Crippen molar-refractivity contribution in [3.63, 3.8) is 0 Å². The minimum atomic E-state index is -2.81. The highest BCUT2D eigenvalue weighted by Crippen LogP contribution is 2.43. The normalized spacial score (nSPS) is 12.5. The lowest BCUT2D eigenvalue weighted by Gasteiger charge is -2.15. The van der Waals surface area contributed by atoms with E-state index in [0.29, 0.717) is 17.1 Å². The summed E-state index contributed by atoms with van der Waals surface area (Å²) in [4.78, 5) is 12.3. The van der Waals surface area contributed by atoms with Crippen molar-refractivity contribution in [3.05, 3.63) is 65.7 Å². The number of benzene rings is 2. The zero-order chi connectivity index (χ0) is 23.9. The molecule has 0 saturated heterocycles. The quantitative estimate of drug-likeness (QED) is 0.266. The number of ketones is 1. The van der Waals surface area contributed by atoms with Crippen molar-refractivity contribution < 1.29 is 27.5 Å². The predicted molar refractivity (Wildman–Crippen MR) is 136 cm³/mol. The molecule has 9 heteroatoms. The van der Waals surface area contributed by atoms with Crippen LogP contribution in [0.4, 0.5) is 0 Å². The van der Waals surface area contributed by atoms with Gasteiger partial charge in [0.2, 0.25) is 14.7 Å². The fourth-order valence-corrected chi connectivity index (χ4v) is 4.36. The van der Waals surface area contributed by atoms with Crippen LogP contribution >= 0.6 is 22.9 Å². The van der Waals surface area contributed by atoms with Crippen LogP contribution in [0, 0.1) is 0 Å². The molecule has 172 valence electrons. The number of hydrogen-bond donors (Lipinski definition) is 0. The third kappa shape index (κ3) is 10.5. The first-order valence-corrected chi connectivity index (χ1v) is 17.0. The molecule has 0 unspecified atom stereocenters. The number of carbonyl (C=O) groups excluding carboxylic acids is 1. The lowest BCUT2D eigenvalue weighted by molar-refractivity contribution is -0.110. The summed E-state index contributed by atoms with van der Waals surface area (Å²) in [7, 11) is -6.14. The molecule has 0 heterocycles. The maximum atomic E-state index is 12.3. The topological polar surface area (TPSA) is 78.9 Å². The van der Waals surface area contributed by atoms with Crippen LogP contribution in [0.2, 0.25) is 0 Å². The van der Waals surface area contributed by atoms with Crippen molar-refractivity contribution in [2.45, 2.75) is 0 Å². The third-order valence-electron chi connectivity index (χ3n) is 3.58. The van der Waals surface area contributed by atoms with Gasteiger partial charge in [0.05, 0.1) is 8.15 Å². The van der Waals surface area contributed by atoms with Gasteiger partial charge < -0.3 is 13.6 Å². The molecule has 0 aliphatic carbocycles. The standard InChI is InChI=1S/C23H29O6P3/c1-30(2)27-21-9-7-8-18(14-21)10-12-20(24)13-11-19-15-22(28-31(3,4)25)17-23(16-19)29-32(5,6)26/h7-17H,1-6H3/b12-10+,13-11+. The Labute approximate surface area is 191 Å². The van der Waals surface area contributed by atoms with Crippen LogP contribution in [0.3, 0.4) is 0 Å². The van der Waals surface area contributed by atoms with Crippen LogP contribution in [0.5, 0.6) is 17.2 Å². The van der Waals surface area contributed by atoms with Crippen LogP contribution in [-0.4, -0.2) is 45.8 Å². The van der Waals surface area contributed by atoms with E-state index in [0.717, 1.165) is 11.3 Å². The van der Waals surface area contributed by atoms with Crippen molar-refractivity contribution in [3.8, 4) is 17.2 Å². The fraction of sp³-hybridized carbons (Fsp3) is 0.261. The Morgan fingerprint density at radius 2 is 1.28 bits per heavy atom. The molecule has 6 nitrogen and oxygen atoms in total. The minimum absolute atomic E-state index is 0.216. The van der Waals surface area contributed by atoms with Crippen LogP contribution in [-0.2, 0) is 13.9 Å². The minimum Gasteiger partial charge on any atom is -0.475 e. The van der Waals surface area contributed by atoms with E-state index in [4.69, 9.17) is 13.6 Å². The van der Waals surface area contributed by atoms with Crippen molar-refractivity contribution >= 4 is 40.8 Å². The largest absolute Gasteiger partial charge is 0.475 e. The first kappa shape index (κ1) is 26.1. The van der Waals surface area contributed by atoms with Gasteiger partial charge in [0.15, 0.2) is 5.78 Å². The smallest absolute Gasteiger partial charge is 0.242 e. The van der Waals surface area contributed by atoms with Crippen molar-refractivity contribution in [2.24, 2.45) is 0 Å². The molecule has 0 radical (unpaired) electrons. The molecule has 0 aromatic heterocycles. The van der Waals surface area contributed by atoms with Crippen molar-refractivity contribution in [1.82, 2.24) is 0 Å². The second kappa shape index (κ2) is 11.1. The summed E-state index contributed by atoms with van der Waals surface area (Å²) >= 11 is 0. The number of carbonyl (C=O) groups is 1. The fourth-order valence-electron chi connectivity index (χ4n) is 2.60. The molecule has 0 amide bonds. The second-order valence-corrected chi connectivity index (χ2v) is 15.2. The summed E-state index contributed by atoms with van der Waals surface area (Å²) in [5.74, 6) is 1.18. The van der Waals surface area contributed by atoms with E-state index >= 15 is 0 Å². The highest BCUT2D eigenvalue weighted by molar-refractivity contribution is 7.58. The monoisotopic (exact) mass is 494 g/mol. The van der Waals surface area contributed by atoms with Crippen molar-refractivity contribution in [2.75, 3.05) is 40.0 Å². The molecule has 2 aromatic rings. The van der Waals surface area contributed by atoms with Gasteiger partial charge in [0.25, 0.3) is 0 Å². The lowest BCUT2D eigenvalue weighted by atomic mass is 10.1. The molecule has 0 aliphatic heterocycles. The average Bonchev–Trinajstić information content (AvgIpc) is 2.61. The third-order valence-corrected chi connectivity index (χ3v) is 5.46. The van der Waals surface area contributed by atoms with Gasteiger partial charge in [-0.05, 0) is 60.9 Å². The SMILES string of the molecule is CP(C)Oc1cccc(/C=C/C(=O)/C=C/c2cc(OP(C)(C)=O)cc(OP(C)(C)=O)c2)c1. The molecule has 0 atom stereocenters. The number of hydrogen-bond acceptors (Lipinski definition) is 6. The summed E-state index contributed by atoms with van der Waals surface area (Å²) in [6.45, 7) is 10.0. The zero-order valence-electron chi connectivity index (χ0n) is 19.1. The van der Waals surface area contributed by atoms with Crippen LogP contribution in [0.1, 0.15) is 11.1 Å². The van der Waals surface area contributed by atoms with Gasteiger partial charge in [-0.3, -0.25) is 13.9 Å². The molecule has 32 heavy (non-hydrogen) atoms. The highest BCUT2D eigenvalue weighted by atomic mass is 31.2. The Balaban J connectivity index is 2.20. The summed E-state index contributed by atoms with van der Waals surface area (Å²) in [5, 5.41) is 0. The van der Waals surface area contributed by atoms with Crippen LogP contribution < -0.4 is 13.6 Å². The van der Waals surface area contributed by atoms with E-state index in [1.54, 1.807) is 24.3 Å². The molecule has 0 saturated carbocycles. The summed E-state index contributed by atoms with van der Waals surface area (Å²) in [5.41, 5.74) is 1.45. The Bertz CT molecular complexity index is 1070.